The van der Waals surface area contributed by atoms with Crippen LogP contribution in [0, 0.1) is 0 Å². The molecule has 1 saturated heterocycles. The first-order chi connectivity index (χ1) is 11.2. The van der Waals surface area contributed by atoms with Gasteiger partial charge in [-0.05, 0) is 25.0 Å². The fourth-order valence-corrected chi connectivity index (χ4v) is 4.03. The predicted molar refractivity (Wildman–Crippen MR) is 86.4 cm³/mol. The maximum Gasteiger partial charge on any atom is 0.204 e. The van der Waals surface area contributed by atoms with E-state index in [2.05, 4.69) is 15.2 Å². The quantitative estimate of drug-likeness (QED) is 0.909. The van der Waals surface area contributed by atoms with Gasteiger partial charge in [0.25, 0.3) is 0 Å². The second-order valence-corrected chi connectivity index (χ2v) is 6.91. The molecule has 1 aromatic heterocycles. The molecular weight excluding hydrogens is 337 g/mol. The van der Waals surface area contributed by atoms with E-state index in [-0.39, 0.29) is 12.2 Å². The number of fused-ring (bicyclic) bond motifs is 1. The van der Waals surface area contributed by atoms with E-state index in [9.17, 15) is 0 Å². The van der Waals surface area contributed by atoms with E-state index in [1.807, 2.05) is 6.07 Å². The number of hydrogen-bond donors (Lipinski definition) is 1. The van der Waals surface area contributed by atoms with Crippen molar-refractivity contribution in [2.24, 2.45) is 0 Å². The molecule has 1 N–H and O–H groups in total. The molecule has 7 heteroatoms. The van der Waals surface area contributed by atoms with Gasteiger partial charge in [-0.2, -0.15) is 5.10 Å². The Bertz CT molecular complexity index is 679. The van der Waals surface area contributed by atoms with Crippen LogP contribution in [-0.2, 0) is 21.7 Å². The molecule has 2 unspecified atom stereocenters. The normalized spacial score (nSPS) is 30.3. The summed E-state index contributed by atoms with van der Waals surface area (Å²) in [7, 11) is 0. The van der Waals surface area contributed by atoms with Crippen LogP contribution < -0.4 is 0 Å². The van der Waals surface area contributed by atoms with Crippen LogP contribution in [0.15, 0.2) is 24.5 Å². The second kappa shape index (κ2) is 6.06. The molecule has 0 radical (unpaired) electrons. The van der Waals surface area contributed by atoms with Crippen molar-refractivity contribution < 1.29 is 9.47 Å². The fraction of sp³-hybridized carbons (Fsp3) is 0.500. The number of hydrogen-bond acceptors (Lipinski definition) is 4. The number of rotatable bonds is 3. The van der Waals surface area contributed by atoms with Gasteiger partial charge in [-0.3, -0.25) is 5.10 Å². The summed E-state index contributed by atoms with van der Waals surface area (Å²) in [6.07, 6.45) is 6.48. The molecule has 5 nitrogen and oxygen atoms in total. The molecule has 2 fully saturated rings. The predicted octanol–water partition coefficient (Wildman–Crippen LogP) is 3.87. The van der Waals surface area contributed by atoms with Crippen molar-refractivity contribution >= 4 is 23.2 Å². The summed E-state index contributed by atoms with van der Waals surface area (Å²) in [5.74, 6) is -0.321. The molecule has 2 aliphatic rings. The molecule has 1 aromatic carbocycles. The van der Waals surface area contributed by atoms with Crippen molar-refractivity contribution in [1.82, 2.24) is 15.2 Å². The molecule has 2 atom stereocenters. The van der Waals surface area contributed by atoms with Crippen LogP contribution in [0.2, 0.25) is 10.0 Å². The van der Waals surface area contributed by atoms with Gasteiger partial charge in [0.15, 0.2) is 5.82 Å². The Morgan fingerprint density at radius 3 is 2.52 bits per heavy atom. The standard InChI is InChI=1S/C16H17Cl2N3O2/c17-10-5-6-11(12(18)7-10)16(8-15-19-9-20-21-15)22-13-3-1-2-4-14(13)23-16/h5-7,9,13-14H,1-4,8H2,(H,19,20,21). The number of ether oxygens (including phenoxy) is 2. The summed E-state index contributed by atoms with van der Waals surface area (Å²) >= 11 is 12.5. The van der Waals surface area contributed by atoms with Crippen molar-refractivity contribution in [1.29, 1.82) is 0 Å². The Balaban J connectivity index is 1.74. The van der Waals surface area contributed by atoms with Crippen molar-refractivity contribution in [2.75, 3.05) is 0 Å². The Hall–Kier alpha value is -1.14. The van der Waals surface area contributed by atoms with Gasteiger partial charge in [0.1, 0.15) is 6.33 Å². The van der Waals surface area contributed by atoms with E-state index in [0.29, 0.717) is 22.3 Å². The van der Waals surface area contributed by atoms with Crippen molar-refractivity contribution in [2.45, 2.75) is 50.1 Å². The average Bonchev–Trinajstić information content (AvgIpc) is 3.14. The van der Waals surface area contributed by atoms with Crippen LogP contribution in [0.3, 0.4) is 0 Å². The number of aromatic amines is 1. The SMILES string of the molecule is Clc1ccc(C2(Cc3nc[nH]n3)OC3CCCCC3O2)c(Cl)c1. The average molecular weight is 354 g/mol. The Kier molecular flexibility index (Phi) is 4.05. The van der Waals surface area contributed by atoms with Gasteiger partial charge in [0, 0.05) is 10.6 Å². The first kappa shape index (κ1) is 15.4. The number of nitrogens with zero attached hydrogens (tertiary/aromatic N) is 2. The molecular formula is C16H17Cl2N3O2. The maximum absolute atomic E-state index is 6.44. The highest BCUT2D eigenvalue weighted by Gasteiger charge is 2.50. The molecule has 0 spiro atoms. The van der Waals surface area contributed by atoms with Crippen LogP contribution >= 0.6 is 23.2 Å². The lowest BCUT2D eigenvalue weighted by molar-refractivity contribution is -0.184. The van der Waals surface area contributed by atoms with Crippen LogP contribution in [0.4, 0.5) is 0 Å². The molecule has 1 saturated carbocycles. The smallest absolute Gasteiger partial charge is 0.204 e. The largest absolute Gasteiger partial charge is 0.339 e. The summed E-state index contributed by atoms with van der Waals surface area (Å²) in [5, 5.41) is 8.00. The zero-order chi connectivity index (χ0) is 15.9. The molecule has 4 rings (SSSR count). The van der Waals surface area contributed by atoms with Gasteiger partial charge in [-0.15, -0.1) is 0 Å². The van der Waals surface area contributed by atoms with E-state index < -0.39 is 5.79 Å². The molecule has 1 aliphatic carbocycles. The molecule has 2 heterocycles. The number of halogens is 2. The van der Waals surface area contributed by atoms with E-state index in [1.54, 1.807) is 18.5 Å². The minimum absolute atomic E-state index is 0.0921. The highest BCUT2D eigenvalue weighted by atomic mass is 35.5. The number of aromatic nitrogens is 3. The summed E-state index contributed by atoms with van der Waals surface area (Å²) < 4.78 is 12.8. The number of H-pyrrole nitrogens is 1. The van der Waals surface area contributed by atoms with Crippen LogP contribution in [0.5, 0.6) is 0 Å². The topological polar surface area (TPSA) is 60.0 Å². The molecule has 0 amide bonds. The first-order valence-corrected chi connectivity index (χ1v) is 8.58. The van der Waals surface area contributed by atoms with Crippen molar-refractivity contribution in [3.05, 3.63) is 46.0 Å². The van der Waals surface area contributed by atoms with Gasteiger partial charge in [0.2, 0.25) is 5.79 Å². The first-order valence-electron chi connectivity index (χ1n) is 7.82. The van der Waals surface area contributed by atoms with Gasteiger partial charge in [-0.1, -0.05) is 42.1 Å². The van der Waals surface area contributed by atoms with Gasteiger partial charge in [0.05, 0.1) is 23.7 Å². The zero-order valence-electron chi connectivity index (χ0n) is 12.5. The lowest BCUT2D eigenvalue weighted by Crippen LogP contribution is -2.32. The Morgan fingerprint density at radius 2 is 1.91 bits per heavy atom. The van der Waals surface area contributed by atoms with Crippen LogP contribution in [-0.4, -0.2) is 27.4 Å². The summed E-state index contributed by atoms with van der Waals surface area (Å²) in [5.41, 5.74) is 0.780. The van der Waals surface area contributed by atoms with Crippen molar-refractivity contribution in [3.8, 4) is 0 Å². The third-order valence-corrected chi connectivity index (χ3v) is 5.07. The summed E-state index contributed by atoms with van der Waals surface area (Å²) in [6, 6.07) is 5.39. The number of benzene rings is 1. The minimum atomic E-state index is -0.955. The highest BCUT2D eigenvalue weighted by molar-refractivity contribution is 6.35. The highest BCUT2D eigenvalue weighted by Crippen LogP contribution is 2.46. The van der Waals surface area contributed by atoms with E-state index in [0.717, 1.165) is 31.2 Å². The van der Waals surface area contributed by atoms with E-state index in [1.165, 1.54) is 0 Å². The fourth-order valence-electron chi connectivity index (χ4n) is 3.48. The van der Waals surface area contributed by atoms with Gasteiger partial charge >= 0.3 is 0 Å². The van der Waals surface area contributed by atoms with Gasteiger partial charge < -0.3 is 9.47 Å². The lowest BCUT2D eigenvalue weighted by Gasteiger charge is -2.28. The van der Waals surface area contributed by atoms with Crippen LogP contribution in [0.1, 0.15) is 37.1 Å². The molecule has 2 aromatic rings. The second-order valence-electron chi connectivity index (χ2n) is 6.07. The molecule has 0 bridgehead atoms. The zero-order valence-corrected chi connectivity index (χ0v) is 14.0. The monoisotopic (exact) mass is 353 g/mol. The third-order valence-electron chi connectivity index (χ3n) is 4.52. The van der Waals surface area contributed by atoms with Crippen molar-refractivity contribution in [3.63, 3.8) is 0 Å². The Labute approximate surface area is 144 Å². The van der Waals surface area contributed by atoms with E-state index >= 15 is 0 Å². The lowest BCUT2D eigenvalue weighted by atomic mass is 9.95. The molecule has 122 valence electrons. The summed E-state index contributed by atoms with van der Waals surface area (Å²) in [4.78, 5) is 4.22. The Morgan fingerprint density at radius 1 is 1.17 bits per heavy atom. The van der Waals surface area contributed by atoms with Crippen LogP contribution in [0.25, 0.3) is 0 Å². The maximum atomic E-state index is 6.44. The summed E-state index contributed by atoms with van der Waals surface area (Å²) in [6.45, 7) is 0. The molecule has 23 heavy (non-hydrogen) atoms. The van der Waals surface area contributed by atoms with E-state index in [4.69, 9.17) is 32.7 Å². The van der Waals surface area contributed by atoms with Gasteiger partial charge in [-0.25, -0.2) is 4.98 Å². The minimum Gasteiger partial charge on any atom is -0.339 e. The third kappa shape index (κ3) is 2.87. The molecule has 1 aliphatic heterocycles. The number of nitrogens with one attached hydrogen (secondary N) is 1.